The number of carbonyl (C=O) groups excluding carboxylic acids is 2. The fourth-order valence-electron chi connectivity index (χ4n) is 2.42. The molecule has 30 heavy (non-hydrogen) atoms. The molecule has 9 heteroatoms. The predicted molar refractivity (Wildman–Crippen MR) is 117 cm³/mol. The highest BCUT2D eigenvalue weighted by molar-refractivity contribution is 9.10. The smallest absolute Gasteiger partial charge is 0.271 e. The number of hydrazone groups is 1. The summed E-state index contributed by atoms with van der Waals surface area (Å²) >= 11 is 3.32. The first-order valence-corrected chi connectivity index (χ1v) is 9.46. The van der Waals surface area contributed by atoms with Gasteiger partial charge in [-0.05, 0) is 66.2 Å². The number of nitro benzene ring substituents is 1. The predicted octanol–water partition coefficient (Wildman–Crippen LogP) is 4.37. The van der Waals surface area contributed by atoms with Crippen molar-refractivity contribution in [1.29, 1.82) is 0 Å². The van der Waals surface area contributed by atoms with Crippen LogP contribution in [0.2, 0.25) is 0 Å². The average Bonchev–Trinajstić information content (AvgIpc) is 2.75. The van der Waals surface area contributed by atoms with Crippen molar-refractivity contribution in [2.75, 3.05) is 5.32 Å². The van der Waals surface area contributed by atoms with Crippen LogP contribution in [0.1, 0.15) is 26.3 Å². The van der Waals surface area contributed by atoms with Gasteiger partial charge in [0, 0.05) is 33.4 Å². The number of hydrogen-bond acceptors (Lipinski definition) is 5. The number of nitrogens with zero attached hydrogens (tertiary/aromatic N) is 2. The summed E-state index contributed by atoms with van der Waals surface area (Å²) in [6.45, 7) is 0. The van der Waals surface area contributed by atoms with E-state index < -0.39 is 10.8 Å². The molecule has 0 saturated heterocycles. The Bertz CT molecular complexity index is 1100. The molecule has 3 aromatic carbocycles. The molecular formula is C21H15BrN4O4. The third kappa shape index (κ3) is 5.58. The maximum atomic E-state index is 12.2. The molecule has 0 bridgehead atoms. The summed E-state index contributed by atoms with van der Waals surface area (Å²) in [7, 11) is 0. The third-order valence-electron chi connectivity index (χ3n) is 3.99. The second-order valence-electron chi connectivity index (χ2n) is 6.09. The minimum atomic E-state index is -0.492. The molecule has 8 nitrogen and oxygen atoms in total. The van der Waals surface area contributed by atoms with Crippen molar-refractivity contribution in [2.24, 2.45) is 5.10 Å². The Balaban J connectivity index is 1.56. The zero-order valence-corrected chi connectivity index (χ0v) is 17.0. The number of nitro groups is 1. The van der Waals surface area contributed by atoms with Crippen LogP contribution in [-0.4, -0.2) is 23.0 Å². The summed E-state index contributed by atoms with van der Waals surface area (Å²) in [5.74, 6) is -0.689. The number of carbonyl (C=O) groups is 2. The van der Waals surface area contributed by atoms with E-state index in [1.165, 1.54) is 30.5 Å². The maximum absolute atomic E-state index is 12.2. The SMILES string of the molecule is O=C(N/N=C\c1ccc([N+](=O)[O-])cc1)c1ccc(NC(=O)c2ccc(Br)cc2)cc1. The number of amides is 2. The molecule has 0 unspecified atom stereocenters. The van der Waals surface area contributed by atoms with Gasteiger partial charge in [0.1, 0.15) is 0 Å². The van der Waals surface area contributed by atoms with Crippen LogP contribution in [0, 0.1) is 10.1 Å². The van der Waals surface area contributed by atoms with E-state index in [1.54, 1.807) is 48.5 Å². The first-order valence-electron chi connectivity index (χ1n) is 8.67. The number of benzene rings is 3. The quantitative estimate of drug-likeness (QED) is 0.318. The summed E-state index contributed by atoms with van der Waals surface area (Å²) < 4.78 is 0.880. The lowest BCUT2D eigenvalue weighted by molar-refractivity contribution is -0.384. The van der Waals surface area contributed by atoms with Gasteiger partial charge in [-0.3, -0.25) is 19.7 Å². The Labute approximate surface area is 179 Å². The van der Waals surface area contributed by atoms with E-state index in [-0.39, 0.29) is 11.6 Å². The molecule has 0 fully saturated rings. The molecule has 0 aliphatic rings. The summed E-state index contributed by atoms with van der Waals surface area (Å²) in [6.07, 6.45) is 1.38. The number of non-ortho nitro benzene ring substituents is 1. The van der Waals surface area contributed by atoms with Crippen molar-refractivity contribution in [3.05, 3.63) is 104 Å². The van der Waals surface area contributed by atoms with Crippen LogP contribution < -0.4 is 10.7 Å². The molecule has 3 rings (SSSR count). The van der Waals surface area contributed by atoms with Crippen LogP contribution in [-0.2, 0) is 0 Å². The lowest BCUT2D eigenvalue weighted by Gasteiger charge is -2.06. The maximum Gasteiger partial charge on any atom is 0.271 e. The Kier molecular flexibility index (Phi) is 6.66. The standard InChI is InChI=1S/C21H15BrN4O4/c22-17-7-3-15(4-8-17)20(27)24-18-9-5-16(6-10-18)21(28)25-23-13-14-1-11-19(12-2-14)26(29)30/h1-13H,(H,24,27)(H,25,28)/b23-13-. The van der Waals surface area contributed by atoms with E-state index in [0.717, 1.165) is 4.47 Å². The van der Waals surface area contributed by atoms with Gasteiger partial charge in [0.2, 0.25) is 0 Å². The molecule has 0 spiro atoms. The van der Waals surface area contributed by atoms with Crippen molar-refractivity contribution in [3.8, 4) is 0 Å². The molecule has 0 heterocycles. The van der Waals surface area contributed by atoms with Crippen molar-refractivity contribution in [2.45, 2.75) is 0 Å². The highest BCUT2D eigenvalue weighted by Gasteiger charge is 2.08. The van der Waals surface area contributed by atoms with Crippen LogP contribution in [0.25, 0.3) is 0 Å². The zero-order valence-electron chi connectivity index (χ0n) is 15.4. The Hall–Kier alpha value is -3.85. The lowest BCUT2D eigenvalue weighted by atomic mass is 10.1. The van der Waals surface area contributed by atoms with Crippen molar-refractivity contribution in [3.63, 3.8) is 0 Å². The summed E-state index contributed by atoms with van der Waals surface area (Å²) in [5, 5.41) is 17.2. The fraction of sp³-hybridized carbons (Fsp3) is 0. The van der Waals surface area contributed by atoms with Crippen molar-refractivity contribution < 1.29 is 14.5 Å². The fourth-order valence-corrected chi connectivity index (χ4v) is 2.69. The normalized spacial score (nSPS) is 10.6. The number of hydrogen-bond donors (Lipinski definition) is 2. The van der Waals surface area contributed by atoms with Gasteiger partial charge in [0.25, 0.3) is 17.5 Å². The monoisotopic (exact) mass is 466 g/mol. The van der Waals surface area contributed by atoms with Crippen molar-refractivity contribution >= 4 is 45.3 Å². The molecule has 2 N–H and O–H groups in total. The highest BCUT2D eigenvalue weighted by Crippen LogP contribution is 2.14. The van der Waals surface area contributed by atoms with Gasteiger partial charge in [-0.2, -0.15) is 5.10 Å². The lowest BCUT2D eigenvalue weighted by Crippen LogP contribution is -2.17. The summed E-state index contributed by atoms with van der Waals surface area (Å²) in [5.41, 5.74) is 4.38. The van der Waals surface area contributed by atoms with Gasteiger partial charge in [0.15, 0.2) is 0 Å². The molecule has 3 aromatic rings. The topological polar surface area (TPSA) is 114 Å². The second-order valence-corrected chi connectivity index (χ2v) is 7.00. The van der Waals surface area contributed by atoms with Crippen LogP contribution in [0.5, 0.6) is 0 Å². The molecule has 0 atom stereocenters. The number of rotatable bonds is 6. The van der Waals surface area contributed by atoms with Gasteiger partial charge in [0.05, 0.1) is 11.1 Å². The van der Waals surface area contributed by atoms with Gasteiger partial charge in [-0.1, -0.05) is 15.9 Å². The Morgan fingerprint density at radius 1 is 0.867 bits per heavy atom. The zero-order chi connectivity index (χ0) is 21.5. The van der Waals surface area contributed by atoms with Crippen LogP contribution in [0.3, 0.4) is 0 Å². The summed E-state index contributed by atoms with van der Waals surface area (Å²) in [4.78, 5) is 34.5. The average molecular weight is 467 g/mol. The third-order valence-corrected chi connectivity index (χ3v) is 4.52. The second kappa shape index (κ2) is 9.57. The number of halogens is 1. The van der Waals surface area contributed by atoms with Gasteiger partial charge >= 0.3 is 0 Å². The van der Waals surface area contributed by atoms with Gasteiger partial charge in [-0.15, -0.1) is 0 Å². The van der Waals surface area contributed by atoms with E-state index in [2.05, 4.69) is 31.8 Å². The largest absolute Gasteiger partial charge is 0.322 e. The first kappa shape index (κ1) is 20.9. The summed E-state index contributed by atoms with van der Waals surface area (Å²) in [6, 6.07) is 19.1. The molecule has 0 aliphatic heterocycles. The van der Waals surface area contributed by atoms with Crippen LogP contribution >= 0.6 is 15.9 Å². The Morgan fingerprint density at radius 3 is 2.03 bits per heavy atom. The van der Waals surface area contributed by atoms with Crippen LogP contribution in [0.15, 0.2) is 82.4 Å². The van der Waals surface area contributed by atoms with E-state index in [1.807, 2.05) is 0 Å². The van der Waals surface area contributed by atoms with E-state index in [4.69, 9.17) is 0 Å². The van der Waals surface area contributed by atoms with E-state index in [0.29, 0.717) is 22.4 Å². The molecule has 150 valence electrons. The molecule has 0 radical (unpaired) electrons. The molecule has 2 amide bonds. The number of anilines is 1. The highest BCUT2D eigenvalue weighted by atomic mass is 79.9. The minimum absolute atomic E-state index is 0.0245. The molecule has 0 aromatic heterocycles. The number of nitrogens with one attached hydrogen (secondary N) is 2. The minimum Gasteiger partial charge on any atom is -0.322 e. The molecular weight excluding hydrogens is 452 g/mol. The van der Waals surface area contributed by atoms with E-state index >= 15 is 0 Å². The van der Waals surface area contributed by atoms with Crippen molar-refractivity contribution in [1.82, 2.24) is 5.43 Å². The van der Waals surface area contributed by atoms with Gasteiger partial charge in [-0.25, -0.2) is 5.43 Å². The Morgan fingerprint density at radius 2 is 1.43 bits per heavy atom. The van der Waals surface area contributed by atoms with Crippen LogP contribution in [0.4, 0.5) is 11.4 Å². The molecule has 0 saturated carbocycles. The van der Waals surface area contributed by atoms with Gasteiger partial charge < -0.3 is 5.32 Å². The van der Waals surface area contributed by atoms with E-state index in [9.17, 15) is 19.7 Å². The first-order chi connectivity index (χ1) is 14.4. The molecule has 0 aliphatic carbocycles.